The molecule has 114 valence electrons. The molecule has 1 amide bonds. The summed E-state index contributed by atoms with van der Waals surface area (Å²) in [5.74, 6) is -1.26. The van der Waals surface area contributed by atoms with Gasteiger partial charge in [0.25, 0.3) is 5.91 Å². The molecule has 2 rings (SSSR count). The standard InChI is InChI=1S/C15H19NO5/c1-11(21-10-12-5-3-2-4-6-12)14(17)16-7-8-20-13(9-16)15(18)19/h2-6,11,13H,7-10H2,1H3,(H,18,19)/t11-,13-/m1/s1. The van der Waals surface area contributed by atoms with Gasteiger partial charge in [-0.2, -0.15) is 0 Å². The lowest BCUT2D eigenvalue weighted by Crippen LogP contribution is -2.51. The molecule has 21 heavy (non-hydrogen) atoms. The van der Waals surface area contributed by atoms with E-state index in [9.17, 15) is 9.59 Å². The average molecular weight is 293 g/mol. The summed E-state index contributed by atoms with van der Waals surface area (Å²) in [6.45, 7) is 2.71. The van der Waals surface area contributed by atoms with Gasteiger partial charge in [-0.3, -0.25) is 4.79 Å². The van der Waals surface area contributed by atoms with Gasteiger partial charge in [-0.1, -0.05) is 30.3 Å². The zero-order valence-electron chi connectivity index (χ0n) is 11.9. The van der Waals surface area contributed by atoms with Crippen molar-refractivity contribution in [1.82, 2.24) is 4.90 Å². The third-order valence-corrected chi connectivity index (χ3v) is 3.34. The second-order valence-electron chi connectivity index (χ2n) is 4.92. The van der Waals surface area contributed by atoms with Crippen molar-refractivity contribution in [2.75, 3.05) is 19.7 Å². The van der Waals surface area contributed by atoms with Crippen molar-refractivity contribution in [3.63, 3.8) is 0 Å². The Kier molecular flexibility index (Phi) is 5.30. The fourth-order valence-corrected chi connectivity index (χ4v) is 2.12. The van der Waals surface area contributed by atoms with Gasteiger partial charge in [0.05, 0.1) is 19.8 Å². The van der Waals surface area contributed by atoms with E-state index >= 15 is 0 Å². The van der Waals surface area contributed by atoms with Crippen LogP contribution in [0.2, 0.25) is 0 Å². The van der Waals surface area contributed by atoms with Crippen LogP contribution in [0.25, 0.3) is 0 Å². The number of morpholine rings is 1. The van der Waals surface area contributed by atoms with Crippen LogP contribution in [-0.4, -0.2) is 53.8 Å². The normalized spacial score (nSPS) is 20.0. The summed E-state index contributed by atoms with van der Waals surface area (Å²) in [5.41, 5.74) is 0.988. The van der Waals surface area contributed by atoms with Crippen LogP contribution >= 0.6 is 0 Å². The van der Waals surface area contributed by atoms with Gasteiger partial charge in [-0.05, 0) is 12.5 Å². The maximum absolute atomic E-state index is 12.2. The van der Waals surface area contributed by atoms with Gasteiger partial charge in [-0.15, -0.1) is 0 Å². The molecule has 1 heterocycles. The molecule has 1 aliphatic heterocycles. The van der Waals surface area contributed by atoms with E-state index in [-0.39, 0.29) is 19.1 Å². The molecule has 1 aromatic rings. The van der Waals surface area contributed by atoms with Crippen molar-refractivity contribution < 1.29 is 24.2 Å². The van der Waals surface area contributed by atoms with Gasteiger partial charge >= 0.3 is 5.97 Å². The first-order chi connectivity index (χ1) is 10.1. The molecular weight excluding hydrogens is 274 g/mol. The molecule has 0 unspecified atom stereocenters. The lowest BCUT2D eigenvalue weighted by molar-refractivity contribution is -0.163. The highest BCUT2D eigenvalue weighted by Crippen LogP contribution is 2.10. The molecule has 6 nitrogen and oxygen atoms in total. The van der Waals surface area contributed by atoms with Crippen molar-refractivity contribution in [2.24, 2.45) is 0 Å². The molecule has 0 bridgehead atoms. The van der Waals surface area contributed by atoms with Crippen LogP contribution in [-0.2, 0) is 25.7 Å². The Bertz CT molecular complexity index is 490. The van der Waals surface area contributed by atoms with Gasteiger partial charge < -0.3 is 19.5 Å². The molecule has 2 atom stereocenters. The first-order valence-corrected chi connectivity index (χ1v) is 6.86. The van der Waals surface area contributed by atoms with Crippen LogP contribution in [0.1, 0.15) is 12.5 Å². The molecule has 0 radical (unpaired) electrons. The number of carboxylic acid groups (broad SMARTS) is 1. The van der Waals surface area contributed by atoms with Gasteiger partial charge in [0.1, 0.15) is 6.10 Å². The van der Waals surface area contributed by atoms with E-state index in [1.54, 1.807) is 6.92 Å². The first kappa shape index (κ1) is 15.5. The van der Waals surface area contributed by atoms with Crippen molar-refractivity contribution in [3.05, 3.63) is 35.9 Å². The molecule has 1 saturated heterocycles. The zero-order chi connectivity index (χ0) is 15.2. The van der Waals surface area contributed by atoms with Crippen molar-refractivity contribution in [1.29, 1.82) is 0 Å². The number of carbonyl (C=O) groups excluding carboxylic acids is 1. The second-order valence-corrected chi connectivity index (χ2v) is 4.92. The van der Waals surface area contributed by atoms with Crippen LogP contribution in [0.4, 0.5) is 0 Å². The number of carbonyl (C=O) groups is 2. The quantitative estimate of drug-likeness (QED) is 0.873. The summed E-state index contributed by atoms with van der Waals surface area (Å²) in [7, 11) is 0. The van der Waals surface area contributed by atoms with E-state index in [1.807, 2.05) is 30.3 Å². The number of ether oxygens (including phenoxy) is 2. The smallest absolute Gasteiger partial charge is 0.334 e. The predicted molar refractivity (Wildman–Crippen MR) is 74.6 cm³/mol. The number of nitrogens with zero attached hydrogens (tertiary/aromatic N) is 1. The van der Waals surface area contributed by atoms with E-state index in [1.165, 1.54) is 4.90 Å². The molecule has 1 fully saturated rings. The van der Waals surface area contributed by atoms with E-state index in [2.05, 4.69) is 0 Å². The minimum absolute atomic E-state index is 0.0627. The summed E-state index contributed by atoms with van der Waals surface area (Å²) in [5, 5.41) is 8.93. The third-order valence-electron chi connectivity index (χ3n) is 3.34. The topological polar surface area (TPSA) is 76.1 Å². The van der Waals surface area contributed by atoms with Gasteiger partial charge in [0, 0.05) is 6.54 Å². The van der Waals surface area contributed by atoms with Crippen molar-refractivity contribution >= 4 is 11.9 Å². The Hall–Kier alpha value is -1.92. The van der Waals surface area contributed by atoms with E-state index in [0.29, 0.717) is 13.2 Å². The van der Waals surface area contributed by atoms with Gasteiger partial charge in [0.15, 0.2) is 6.10 Å². The van der Waals surface area contributed by atoms with E-state index in [0.717, 1.165) is 5.56 Å². The fourth-order valence-electron chi connectivity index (χ4n) is 2.12. The Balaban J connectivity index is 1.85. The molecule has 0 spiro atoms. The molecular formula is C15H19NO5. The fraction of sp³-hybridized carbons (Fsp3) is 0.467. The highest BCUT2D eigenvalue weighted by molar-refractivity contribution is 5.82. The maximum atomic E-state index is 12.2. The molecule has 1 N–H and O–H groups in total. The second kappa shape index (κ2) is 7.19. The summed E-state index contributed by atoms with van der Waals surface area (Å²) in [6, 6.07) is 9.58. The summed E-state index contributed by atoms with van der Waals surface area (Å²) in [4.78, 5) is 24.6. The SMILES string of the molecule is C[C@@H](OCc1ccccc1)C(=O)N1CCO[C@@H](C(=O)O)C1. The summed E-state index contributed by atoms with van der Waals surface area (Å²) < 4.78 is 10.7. The van der Waals surface area contributed by atoms with Crippen LogP contribution in [0.15, 0.2) is 30.3 Å². The predicted octanol–water partition coefficient (Wildman–Crippen LogP) is 0.904. The van der Waals surface area contributed by atoms with Gasteiger partial charge in [-0.25, -0.2) is 4.79 Å². The minimum atomic E-state index is -1.05. The number of hydrogen-bond donors (Lipinski definition) is 1. The van der Waals surface area contributed by atoms with Crippen molar-refractivity contribution in [3.8, 4) is 0 Å². The number of carboxylic acids is 1. The van der Waals surface area contributed by atoms with Gasteiger partial charge in [0.2, 0.25) is 0 Å². The Morgan fingerprint density at radius 2 is 2.14 bits per heavy atom. The molecule has 0 aromatic heterocycles. The highest BCUT2D eigenvalue weighted by Gasteiger charge is 2.31. The highest BCUT2D eigenvalue weighted by atomic mass is 16.5. The van der Waals surface area contributed by atoms with Crippen LogP contribution < -0.4 is 0 Å². The maximum Gasteiger partial charge on any atom is 0.334 e. The van der Waals surface area contributed by atoms with Crippen molar-refractivity contribution in [2.45, 2.75) is 25.7 Å². The number of benzene rings is 1. The van der Waals surface area contributed by atoms with E-state index in [4.69, 9.17) is 14.6 Å². The third kappa shape index (κ3) is 4.27. The first-order valence-electron chi connectivity index (χ1n) is 6.86. The monoisotopic (exact) mass is 293 g/mol. The Morgan fingerprint density at radius 3 is 2.81 bits per heavy atom. The Labute approximate surface area is 123 Å². The molecule has 6 heteroatoms. The van der Waals surface area contributed by atoms with Crippen LogP contribution in [0.3, 0.4) is 0 Å². The average Bonchev–Trinajstić information content (AvgIpc) is 2.53. The number of amides is 1. The lowest BCUT2D eigenvalue weighted by Gasteiger charge is -2.32. The van der Waals surface area contributed by atoms with Crippen LogP contribution in [0, 0.1) is 0 Å². The zero-order valence-corrected chi connectivity index (χ0v) is 11.9. The molecule has 0 saturated carbocycles. The number of hydrogen-bond acceptors (Lipinski definition) is 4. The number of aliphatic carboxylic acids is 1. The molecule has 1 aromatic carbocycles. The number of rotatable bonds is 5. The summed E-state index contributed by atoms with van der Waals surface area (Å²) in [6.07, 6.45) is -1.57. The Morgan fingerprint density at radius 1 is 1.43 bits per heavy atom. The summed E-state index contributed by atoms with van der Waals surface area (Å²) >= 11 is 0. The molecule has 1 aliphatic rings. The largest absolute Gasteiger partial charge is 0.479 e. The lowest BCUT2D eigenvalue weighted by atomic mass is 10.2. The van der Waals surface area contributed by atoms with Crippen LogP contribution in [0.5, 0.6) is 0 Å². The van der Waals surface area contributed by atoms with E-state index < -0.39 is 18.2 Å². The molecule has 0 aliphatic carbocycles. The minimum Gasteiger partial charge on any atom is -0.479 e.